The lowest BCUT2D eigenvalue weighted by atomic mass is 10.1. The lowest BCUT2D eigenvalue weighted by molar-refractivity contribution is -0.123. The third-order valence-electron chi connectivity index (χ3n) is 3.26. The highest BCUT2D eigenvalue weighted by Gasteiger charge is 2.14. The van der Waals surface area contributed by atoms with E-state index in [4.69, 9.17) is 25.8 Å². The van der Waals surface area contributed by atoms with Gasteiger partial charge in [0.15, 0.2) is 18.1 Å². The fraction of sp³-hybridized carbons (Fsp3) is 0.118. The van der Waals surface area contributed by atoms with Gasteiger partial charge >= 0.3 is 0 Å². The van der Waals surface area contributed by atoms with Crippen molar-refractivity contribution < 1.29 is 19.0 Å². The summed E-state index contributed by atoms with van der Waals surface area (Å²) in [4.78, 5) is 11.8. The van der Waals surface area contributed by atoms with E-state index in [1.807, 2.05) is 6.07 Å². The summed E-state index contributed by atoms with van der Waals surface area (Å²) in [5.74, 6) is 1.55. The van der Waals surface area contributed by atoms with Crippen LogP contribution in [0.25, 0.3) is 5.70 Å². The van der Waals surface area contributed by atoms with E-state index in [2.05, 4.69) is 17.4 Å². The maximum absolute atomic E-state index is 11.8. The third-order valence-corrected chi connectivity index (χ3v) is 3.51. The summed E-state index contributed by atoms with van der Waals surface area (Å²) in [7, 11) is 0. The monoisotopic (exact) mass is 346 g/mol. The molecule has 3 rings (SSSR count). The fourth-order valence-corrected chi connectivity index (χ4v) is 2.14. The largest absolute Gasteiger partial charge is 0.484 e. The molecule has 0 saturated carbocycles. The predicted molar refractivity (Wildman–Crippen MR) is 89.8 cm³/mol. The molecular formula is C17H15ClN2O4. The van der Waals surface area contributed by atoms with Crippen LogP contribution in [0, 0.1) is 0 Å². The first kappa shape index (κ1) is 16.0. The minimum atomic E-state index is -0.341. The molecule has 1 aliphatic rings. The molecule has 0 fully saturated rings. The number of benzene rings is 2. The van der Waals surface area contributed by atoms with Gasteiger partial charge in [-0.1, -0.05) is 18.2 Å². The quantitative estimate of drug-likeness (QED) is 0.787. The van der Waals surface area contributed by atoms with Gasteiger partial charge in [-0.25, -0.2) is 0 Å². The smallest absolute Gasteiger partial charge is 0.276 e. The van der Waals surface area contributed by atoms with Crippen LogP contribution in [0.1, 0.15) is 5.56 Å². The Labute approximate surface area is 143 Å². The van der Waals surface area contributed by atoms with E-state index in [-0.39, 0.29) is 19.3 Å². The van der Waals surface area contributed by atoms with Crippen molar-refractivity contribution in [2.24, 2.45) is 0 Å². The Bertz CT molecular complexity index is 762. The van der Waals surface area contributed by atoms with Crippen molar-refractivity contribution in [3.63, 3.8) is 0 Å². The molecule has 0 unspecified atom stereocenters. The van der Waals surface area contributed by atoms with Gasteiger partial charge in [0.1, 0.15) is 5.75 Å². The SMILES string of the molecule is C=C(NNC(=O)COc1ccc(Cl)cc1)c1ccc2c(c1)OCO2. The highest BCUT2D eigenvalue weighted by Crippen LogP contribution is 2.33. The summed E-state index contributed by atoms with van der Waals surface area (Å²) in [6, 6.07) is 12.1. The average Bonchev–Trinajstić information content (AvgIpc) is 3.06. The zero-order chi connectivity index (χ0) is 16.9. The molecule has 6 nitrogen and oxygen atoms in total. The number of amides is 1. The van der Waals surface area contributed by atoms with E-state index < -0.39 is 0 Å². The van der Waals surface area contributed by atoms with Crippen molar-refractivity contribution in [1.29, 1.82) is 0 Å². The molecule has 7 heteroatoms. The minimum Gasteiger partial charge on any atom is -0.484 e. The number of rotatable bonds is 6. The first-order valence-electron chi connectivity index (χ1n) is 7.14. The Morgan fingerprint density at radius 2 is 1.88 bits per heavy atom. The molecule has 1 amide bonds. The molecule has 0 radical (unpaired) electrons. The Morgan fingerprint density at radius 1 is 1.12 bits per heavy atom. The van der Waals surface area contributed by atoms with Gasteiger partial charge in [-0.05, 0) is 42.5 Å². The van der Waals surface area contributed by atoms with Crippen LogP contribution in [-0.4, -0.2) is 19.3 Å². The molecule has 0 aliphatic carbocycles. The lowest BCUT2D eigenvalue weighted by Gasteiger charge is -2.12. The van der Waals surface area contributed by atoms with Gasteiger partial charge in [0.2, 0.25) is 6.79 Å². The number of nitrogens with one attached hydrogen (secondary N) is 2. The standard InChI is InChI=1S/C17H15ClN2O4/c1-11(12-2-7-15-16(8-12)24-10-23-15)19-20-17(21)9-22-14-5-3-13(18)4-6-14/h2-8,19H,1,9-10H2,(H,20,21). The second-order valence-electron chi connectivity index (χ2n) is 4.96. The van der Waals surface area contributed by atoms with Crippen molar-refractivity contribution in [1.82, 2.24) is 10.9 Å². The summed E-state index contributed by atoms with van der Waals surface area (Å²) in [6.45, 7) is 3.94. The first-order valence-corrected chi connectivity index (χ1v) is 7.52. The number of ether oxygens (including phenoxy) is 3. The summed E-state index contributed by atoms with van der Waals surface area (Å²) in [5.41, 5.74) is 6.56. The number of halogens is 1. The summed E-state index contributed by atoms with van der Waals surface area (Å²) >= 11 is 5.78. The second kappa shape index (κ2) is 7.14. The number of hydrogen-bond acceptors (Lipinski definition) is 5. The average molecular weight is 347 g/mol. The molecule has 124 valence electrons. The number of carbonyl (C=O) groups is 1. The van der Waals surface area contributed by atoms with Crippen LogP contribution in [0.5, 0.6) is 17.2 Å². The van der Waals surface area contributed by atoms with Gasteiger partial charge in [-0.3, -0.25) is 15.6 Å². The molecule has 1 aliphatic heterocycles. The van der Waals surface area contributed by atoms with E-state index >= 15 is 0 Å². The van der Waals surface area contributed by atoms with Crippen LogP contribution >= 0.6 is 11.6 Å². The number of carbonyl (C=O) groups excluding carboxylic acids is 1. The van der Waals surface area contributed by atoms with E-state index in [1.165, 1.54) is 0 Å². The van der Waals surface area contributed by atoms with Gasteiger partial charge in [0, 0.05) is 10.6 Å². The molecular weight excluding hydrogens is 332 g/mol. The van der Waals surface area contributed by atoms with Crippen LogP contribution in [0.15, 0.2) is 49.0 Å². The van der Waals surface area contributed by atoms with Crippen molar-refractivity contribution in [3.05, 3.63) is 59.6 Å². The zero-order valence-electron chi connectivity index (χ0n) is 12.7. The third kappa shape index (κ3) is 3.91. The van der Waals surface area contributed by atoms with Crippen molar-refractivity contribution in [3.8, 4) is 17.2 Å². The summed E-state index contributed by atoms with van der Waals surface area (Å²) in [6.07, 6.45) is 0. The van der Waals surface area contributed by atoms with E-state index in [0.717, 1.165) is 5.56 Å². The first-order chi connectivity index (χ1) is 11.6. The Morgan fingerprint density at radius 3 is 2.67 bits per heavy atom. The van der Waals surface area contributed by atoms with Crippen molar-refractivity contribution in [2.75, 3.05) is 13.4 Å². The Hall–Kier alpha value is -2.86. The lowest BCUT2D eigenvalue weighted by Crippen LogP contribution is -2.38. The topological polar surface area (TPSA) is 68.8 Å². The molecule has 0 aromatic heterocycles. The second-order valence-corrected chi connectivity index (χ2v) is 5.40. The highest BCUT2D eigenvalue weighted by atomic mass is 35.5. The molecule has 2 aromatic rings. The summed E-state index contributed by atoms with van der Waals surface area (Å²) in [5, 5.41) is 0.605. The van der Waals surface area contributed by atoms with Gasteiger partial charge in [-0.15, -0.1) is 0 Å². The maximum Gasteiger partial charge on any atom is 0.276 e. The van der Waals surface area contributed by atoms with Gasteiger partial charge < -0.3 is 14.2 Å². The zero-order valence-corrected chi connectivity index (χ0v) is 13.4. The molecule has 0 saturated heterocycles. The fourth-order valence-electron chi connectivity index (χ4n) is 2.02. The summed E-state index contributed by atoms with van der Waals surface area (Å²) < 4.78 is 15.9. The molecule has 2 N–H and O–H groups in total. The van der Waals surface area contributed by atoms with Crippen LogP contribution in [0.3, 0.4) is 0 Å². The normalized spacial score (nSPS) is 11.7. The molecule has 0 atom stereocenters. The minimum absolute atomic E-state index is 0.136. The number of hydrazine groups is 1. The van der Waals surface area contributed by atoms with E-state index in [1.54, 1.807) is 36.4 Å². The van der Waals surface area contributed by atoms with Crippen molar-refractivity contribution in [2.45, 2.75) is 0 Å². The Balaban J connectivity index is 1.47. The van der Waals surface area contributed by atoms with Crippen molar-refractivity contribution >= 4 is 23.2 Å². The van der Waals surface area contributed by atoms with Crippen LogP contribution in [0.4, 0.5) is 0 Å². The molecule has 0 spiro atoms. The maximum atomic E-state index is 11.8. The molecule has 24 heavy (non-hydrogen) atoms. The van der Waals surface area contributed by atoms with Crippen LogP contribution < -0.4 is 25.1 Å². The Kier molecular flexibility index (Phi) is 4.77. The van der Waals surface area contributed by atoms with Gasteiger partial charge in [0.25, 0.3) is 5.91 Å². The van der Waals surface area contributed by atoms with E-state index in [0.29, 0.717) is 28.0 Å². The molecule has 0 bridgehead atoms. The predicted octanol–water partition coefficient (Wildman–Crippen LogP) is 2.74. The highest BCUT2D eigenvalue weighted by molar-refractivity contribution is 6.30. The van der Waals surface area contributed by atoms with Crippen LogP contribution in [0.2, 0.25) is 5.02 Å². The number of fused-ring (bicyclic) bond motifs is 1. The van der Waals surface area contributed by atoms with E-state index in [9.17, 15) is 4.79 Å². The van der Waals surface area contributed by atoms with Crippen LogP contribution in [-0.2, 0) is 4.79 Å². The van der Waals surface area contributed by atoms with Gasteiger partial charge in [0.05, 0.1) is 5.70 Å². The van der Waals surface area contributed by atoms with Gasteiger partial charge in [-0.2, -0.15) is 0 Å². The number of hydrogen-bond donors (Lipinski definition) is 2. The molecule has 1 heterocycles. The molecule has 2 aromatic carbocycles.